The molecule has 3 aliphatic rings. The van der Waals surface area contributed by atoms with Crippen LogP contribution in [0.1, 0.15) is 40.8 Å². The number of aromatic nitrogens is 2. The van der Waals surface area contributed by atoms with E-state index in [1.54, 1.807) is 12.1 Å². The molecular weight excluding hydrogens is 456 g/mol. The number of rotatable bonds is 5. The second kappa shape index (κ2) is 8.55. The predicted octanol–water partition coefficient (Wildman–Crippen LogP) is 4.42. The summed E-state index contributed by atoms with van der Waals surface area (Å²) in [6.45, 7) is 4.66. The van der Waals surface area contributed by atoms with Crippen LogP contribution in [-0.4, -0.2) is 46.5 Å². The third-order valence-electron chi connectivity index (χ3n) is 6.51. The second-order valence-corrected chi connectivity index (χ2v) is 9.29. The lowest BCUT2D eigenvalue weighted by molar-refractivity contribution is 0.0288. The zero-order valence-electron chi connectivity index (χ0n) is 17.4. The molecule has 3 aliphatic heterocycles. The summed E-state index contributed by atoms with van der Waals surface area (Å²) in [5.41, 5.74) is 3.19. The van der Waals surface area contributed by atoms with E-state index in [9.17, 15) is 4.79 Å². The second-order valence-electron chi connectivity index (χ2n) is 8.43. The first-order valence-electron chi connectivity index (χ1n) is 10.7. The van der Waals surface area contributed by atoms with Crippen LogP contribution in [0.15, 0.2) is 57.6 Å². The number of fused-ring (bicyclic) bond motifs is 3. The van der Waals surface area contributed by atoms with Gasteiger partial charge in [0.2, 0.25) is 0 Å². The van der Waals surface area contributed by atoms with Crippen molar-refractivity contribution in [3.63, 3.8) is 0 Å². The molecule has 1 amide bonds. The van der Waals surface area contributed by atoms with E-state index in [-0.39, 0.29) is 5.91 Å². The number of nitrogens with one attached hydrogen (secondary N) is 1. The van der Waals surface area contributed by atoms with E-state index in [2.05, 4.69) is 38.3 Å². The molecule has 1 aromatic carbocycles. The molecule has 1 N–H and O–H groups in total. The van der Waals surface area contributed by atoms with Gasteiger partial charge in [0, 0.05) is 40.8 Å². The molecule has 7 heteroatoms. The normalized spacial score (nSPS) is 24.8. The Labute approximate surface area is 190 Å². The van der Waals surface area contributed by atoms with Gasteiger partial charge in [0.15, 0.2) is 5.76 Å². The zero-order valence-corrected chi connectivity index (χ0v) is 19.0. The van der Waals surface area contributed by atoms with Crippen molar-refractivity contribution >= 4 is 21.8 Å². The van der Waals surface area contributed by atoms with Crippen LogP contribution in [0.5, 0.6) is 0 Å². The maximum absolute atomic E-state index is 12.2. The van der Waals surface area contributed by atoms with Crippen LogP contribution in [0.4, 0.5) is 0 Å². The van der Waals surface area contributed by atoms with Gasteiger partial charge >= 0.3 is 0 Å². The third kappa shape index (κ3) is 4.16. The van der Waals surface area contributed by atoms with Gasteiger partial charge < -0.3 is 9.73 Å². The van der Waals surface area contributed by atoms with Gasteiger partial charge in [-0.2, -0.15) is 0 Å². The van der Waals surface area contributed by atoms with Crippen molar-refractivity contribution in [2.45, 2.75) is 31.7 Å². The number of hydrogen-bond donors (Lipinski definition) is 1. The largest absolute Gasteiger partial charge is 0.459 e. The van der Waals surface area contributed by atoms with Crippen molar-refractivity contribution in [3.05, 3.63) is 70.5 Å². The smallest absolute Gasteiger partial charge is 0.287 e. The summed E-state index contributed by atoms with van der Waals surface area (Å²) >= 11 is 3.65. The van der Waals surface area contributed by atoms with E-state index in [4.69, 9.17) is 14.4 Å². The maximum Gasteiger partial charge on any atom is 0.287 e. The minimum absolute atomic E-state index is 0.145. The number of aryl methyl sites for hydroxylation is 1. The van der Waals surface area contributed by atoms with Gasteiger partial charge in [-0.3, -0.25) is 9.69 Å². The third-order valence-corrected chi connectivity index (χ3v) is 7.20. The van der Waals surface area contributed by atoms with Gasteiger partial charge in [0.05, 0.1) is 12.0 Å². The van der Waals surface area contributed by atoms with E-state index in [1.165, 1.54) is 12.7 Å². The molecule has 31 heavy (non-hydrogen) atoms. The highest BCUT2D eigenvalue weighted by Gasteiger charge is 2.41. The number of amides is 1. The Morgan fingerprint density at radius 1 is 1.26 bits per heavy atom. The Bertz CT molecular complexity index is 1080. The summed E-state index contributed by atoms with van der Waals surface area (Å²) in [6, 6.07) is 14.1. The lowest BCUT2D eigenvalue weighted by atomic mass is 9.74. The summed E-state index contributed by atoms with van der Waals surface area (Å²) < 4.78 is 6.24. The molecule has 3 aromatic rings. The zero-order chi connectivity index (χ0) is 21.4. The molecule has 3 saturated heterocycles. The quantitative estimate of drug-likeness (QED) is 0.585. The molecule has 0 spiro atoms. The number of carbonyl (C=O) groups is 1. The SMILES string of the molecule is Cc1nc(-c2ccccc2Br)cc([C@H]2CN3CC[C@H]2C[C@@H]3CNC(=O)c2ccco2)n1. The maximum atomic E-state index is 12.2. The predicted molar refractivity (Wildman–Crippen MR) is 122 cm³/mol. The average Bonchev–Trinajstić information content (AvgIpc) is 3.33. The minimum atomic E-state index is -0.145. The molecule has 6 rings (SSSR count). The molecule has 160 valence electrons. The van der Waals surface area contributed by atoms with Crippen LogP contribution in [0.2, 0.25) is 0 Å². The molecule has 2 aromatic heterocycles. The molecule has 3 fully saturated rings. The average molecular weight is 481 g/mol. The molecule has 2 bridgehead atoms. The minimum Gasteiger partial charge on any atom is -0.459 e. The Morgan fingerprint density at radius 3 is 2.87 bits per heavy atom. The molecule has 0 radical (unpaired) electrons. The van der Waals surface area contributed by atoms with E-state index < -0.39 is 0 Å². The van der Waals surface area contributed by atoms with Crippen molar-refractivity contribution in [1.82, 2.24) is 20.2 Å². The summed E-state index contributed by atoms with van der Waals surface area (Å²) in [6.07, 6.45) is 3.76. The van der Waals surface area contributed by atoms with Gasteiger partial charge in [0.1, 0.15) is 5.82 Å². The standard InChI is InChI=1S/C24H25BrN4O2/c1-15-27-21(18-5-2-3-6-20(18)25)12-22(28-15)19-14-29-9-8-16(19)11-17(29)13-26-24(30)23-7-4-10-31-23/h2-7,10,12,16-17,19H,8-9,11,13-14H2,1H3,(H,26,30)/t16-,17+,19-/m0/s1. The fourth-order valence-electron chi connectivity index (χ4n) is 4.98. The van der Waals surface area contributed by atoms with Gasteiger partial charge in [0.25, 0.3) is 5.91 Å². The number of piperidine rings is 3. The van der Waals surface area contributed by atoms with Crippen molar-refractivity contribution in [3.8, 4) is 11.3 Å². The number of benzene rings is 1. The Hall–Kier alpha value is -2.51. The summed E-state index contributed by atoms with van der Waals surface area (Å²) in [7, 11) is 0. The summed E-state index contributed by atoms with van der Waals surface area (Å²) in [5, 5.41) is 3.04. The van der Waals surface area contributed by atoms with Crippen molar-refractivity contribution in [1.29, 1.82) is 0 Å². The van der Waals surface area contributed by atoms with Crippen LogP contribution in [0.3, 0.4) is 0 Å². The Kier molecular flexibility index (Phi) is 5.63. The van der Waals surface area contributed by atoms with Crippen LogP contribution < -0.4 is 5.32 Å². The van der Waals surface area contributed by atoms with Crippen molar-refractivity contribution in [2.24, 2.45) is 5.92 Å². The van der Waals surface area contributed by atoms with Crippen LogP contribution in [0, 0.1) is 12.8 Å². The summed E-state index contributed by atoms with van der Waals surface area (Å²) in [4.78, 5) is 24.3. The molecule has 0 aliphatic carbocycles. The summed E-state index contributed by atoms with van der Waals surface area (Å²) in [5.74, 6) is 1.99. The first kappa shape index (κ1) is 20.4. The first-order valence-corrected chi connectivity index (χ1v) is 11.5. The van der Waals surface area contributed by atoms with Crippen LogP contribution >= 0.6 is 15.9 Å². The monoisotopic (exact) mass is 480 g/mol. The molecule has 5 heterocycles. The van der Waals surface area contributed by atoms with Gasteiger partial charge in [-0.15, -0.1) is 0 Å². The van der Waals surface area contributed by atoms with E-state index in [0.29, 0.717) is 30.2 Å². The van der Waals surface area contributed by atoms with Gasteiger partial charge in [-0.05, 0) is 56.5 Å². The fourth-order valence-corrected chi connectivity index (χ4v) is 5.47. The molecule has 0 saturated carbocycles. The van der Waals surface area contributed by atoms with Gasteiger partial charge in [-0.25, -0.2) is 9.97 Å². The highest BCUT2D eigenvalue weighted by molar-refractivity contribution is 9.10. The number of halogens is 1. The first-order chi connectivity index (χ1) is 15.1. The number of furan rings is 1. The van der Waals surface area contributed by atoms with Crippen LogP contribution in [-0.2, 0) is 0 Å². The van der Waals surface area contributed by atoms with E-state index in [0.717, 1.165) is 46.8 Å². The lowest BCUT2D eigenvalue weighted by Gasteiger charge is -2.49. The van der Waals surface area contributed by atoms with Gasteiger partial charge in [-0.1, -0.05) is 34.1 Å². The highest BCUT2D eigenvalue weighted by Crippen LogP contribution is 2.42. The molecule has 1 unspecified atom stereocenters. The molecule has 4 atom stereocenters. The Morgan fingerprint density at radius 2 is 2.13 bits per heavy atom. The van der Waals surface area contributed by atoms with E-state index >= 15 is 0 Å². The Balaban J connectivity index is 1.31. The van der Waals surface area contributed by atoms with Crippen molar-refractivity contribution < 1.29 is 9.21 Å². The van der Waals surface area contributed by atoms with Crippen LogP contribution in [0.25, 0.3) is 11.3 Å². The molecular formula is C24H25BrN4O2. The topological polar surface area (TPSA) is 71.3 Å². The highest BCUT2D eigenvalue weighted by atomic mass is 79.9. The fraction of sp³-hybridized carbons (Fsp3) is 0.375. The number of hydrogen-bond acceptors (Lipinski definition) is 5. The molecule has 6 nitrogen and oxygen atoms in total. The van der Waals surface area contributed by atoms with E-state index in [1.807, 2.05) is 25.1 Å². The van der Waals surface area contributed by atoms with Crippen molar-refractivity contribution in [2.75, 3.05) is 19.6 Å². The number of carbonyl (C=O) groups excluding carboxylic acids is 1. The number of nitrogens with zero attached hydrogens (tertiary/aromatic N) is 3. The lowest BCUT2D eigenvalue weighted by Crippen LogP contribution is -2.56.